The Kier molecular flexibility index (Phi) is 4.23. The molecule has 1 aliphatic carbocycles. The van der Waals surface area contributed by atoms with Crippen molar-refractivity contribution in [1.82, 2.24) is 4.31 Å². The summed E-state index contributed by atoms with van der Waals surface area (Å²) in [6, 6.07) is 2.09. The predicted octanol–water partition coefficient (Wildman–Crippen LogP) is 2.07. The molecule has 0 heterocycles. The van der Waals surface area contributed by atoms with Gasteiger partial charge in [-0.3, -0.25) is 0 Å². The fourth-order valence-corrected chi connectivity index (χ4v) is 4.90. The zero-order chi connectivity index (χ0) is 15.1. The summed E-state index contributed by atoms with van der Waals surface area (Å²) in [5.74, 6) is 0. The molecule has 0 aliphatic heterocycles. The number of sulfonamides is 1. The first-order chi connectivity index (χ1) is 9.30. The summed E-state index contributed by atoms with van der Waals surface area (Å²) in [6.07, 6.45) is 1.78. The van der Waals surface area contributed by atoms with Gasteiger partial charge in [0.1, 0.15) is 0 Å². The van der Waals surface area contributed by atoms with Gasteiger partial charge in [-0.2, -0.15) is 4.31 Å². The zero-order valence-electron chi connectivity index (χ0n) is 12.6. The van der Waals surface area contributed by atoms with E-state index in [9.17, 15) is 8.42 Å². The van der Waals surface area contributed by atoms with Gasteiger partial charge in [0.25, 0.3) is 0 Å². The van der Waals surface area contributed by atoms with Crippen LogP contribution in [0.5, 0.6) is 0 Å². The lowest BCUT2D eigenvalue weighted by Gasteiger charge is -2.24. The average Bonchev–Trinajstić information content (AvgIpc) is 3.17. The van der Waals surface area contributed by atoms with Gasteiger partial charge in [0.15, 0.2) is 0 Å². The van der Waals surface area contributed by atoms with E-state index < -0.39 is 10.0 Å². The fraction of sp³-hybridized carbons (Fsp3) is 0.600. The molecular weight excluding hydrogens is 274 g/mol. The number of hydrogen-bond acceptors (Lipinski definition) is 3. The molecule has 2 rings (SSSR count). The van der Waals surface area contributed by atoms with Gasteiger partial charge in [-0.15, -0.1) is 0 Å². The van der Waals surface area contributed by atoms with Gasteiger partial charge in [-0.1, -0.05) is 6.07 Å². The highest BCUT2D eigenvalue weighted by atomic mass is 32.2. The lowest BCUT2D eigenvalue weighted by atomic mass is 10.0. The van der Waals surface area contributed by atoms with E-state index in [-0.39, 0.29) is 19.2 Å². The van der Waals surface area contributed by atoms with E-state index in [2.05, 4.69) is 0 Å². The second-order valence-electron chi connectivity index (χ2n) is 5.66. The molecule has 1 N–H and O–H groups in total. The van der Waals surface area contributed by atoms with E-state index in [0.29, 0.717) is 4.90 Å². The second kappa shape index (κ2) is 5.47. The number of aliphatic hydroxyl groups is 1. The first kappa shape index (κ1) is 15.5. The van der Waals surface area contributed by atoms with Crippen LogP contribution in [-0.2, 0) is 10.0 Å². The number of hydrogen-bond donors (Lipinski definition) is 1. The third-order valence-corrected chi connectivity index (χ3v) is 6.36. The van der Waals surface area contributed by atoms with Gasteiger partial charge < -0.3 is 5.11 Å². The molecular formula is C15H23NO3S. The summed E-state index contributed by atoms with van der Waals surface area (Å²) < 4.78 is 27.4. The Morgan fingerprint density at radius 3 is 2.05 bits per heavy atom. The van der Waals surface area contributed by atoms with Crippen molar-refractivity contribution in [1.29, 1.82) is 0 Å². The molecule has 1 aromatic rings. The number of rotatable bonds is 5. The van der Waals surface area contributed by atoms with Gasteiger partial charge in [0.2, 0.25) is 10.0 Å². The third kappa shape index (κ3) is 2.62. The summed E-state index contributed by atoms with van der Waals surface area (Å²) in [4.78, 5) is 0.426. The van der Waals surface area contributed by atoms with Crippen LogP contribution in [0.25, 0.3) is 0 Å². The van der Waals surface area contributed by atoms with Crippen molar-refractivity contribution in [3.63, 3.8) is 0 Å². The van der Waals surface area contributed by atoms with Crippen molar-refractivity contribution < 1.29 is 13.5 Å². The third-order valence-electron chi connectivity index (χ3n) is 4.14. The quantitative estimate of drug-likeness (QED) is 0.905. The molecule has 112 valence electrons. The maximum atomic E-state index is 13.0. The molecule has 4 nitrogen and oxygen atoms in total. The van der Waals surface area contributed by atoms with Crippen LogP contribution in [-0.4, -0.2) is 37.0 Å². The van der Waals surface area contributed by atoms with E-state index in [1.807, 2.05) is 33.8 Å². The van der Waals surface area contributed by atoms with Gasteiger partial charge in [0, 0.05) is 12.6 Å². The van der Waals surface area contributed by atoms with E-state index >= 15 is 0 Å². The summed E-state index contributed by atoms with van der Waals surface area (Å²) in [7, 11) is -3.53. The standard InChI is InChI=1S/C15H23NO3S/c1-10-9-11(2)13(4)15(12(10)3)20(18,19)16(7-8-17)14-5-6-14/h9,14,17H,5-8H2,1-4H3. The van der Waals surface area contributed by atoms with Crippen LogP contribution in [0.1, 0.15) is 35.1 Å². The molecule has 0 atom stereocenters. The van der Waals surface area contributed by atoms with Crippen LogP contribution in [0.15, 0.2) is 11.0 Å². The van der Waals surface area contributed by atoms with Gasteiger partial charge in [0.05, 0.1) is 11.5 Å². The Balaban J connectivity index is 2.59. The Morgan fingerprint density at radius 1 is 1.15 bits per heavy atom. The summed E-state index contributed by atoms with van der Waals surface area (Å²) in [6.45, 7) is 7.64. The lowest BCUT2D eigenvalue weighted by molar-refractivity contribution is 0.250. The van der Waals surface area contributed by atoms with Gasteiger partial charge >= 0.3 is 0 Å². The van der Waals surface area contributed by atoms with Crippen LogP contribution in [0.2, 0.25) is 0 Å². The van der Waals surface area contributed by atoms with Crippen LogP contribution in [0.4, 0.5) is 0 Å². The van der Waals surface area contributed by atoms with Crippen LogP contribution < -0.4 is 0 Å². The molecule has 0 bridgehead atoms. The Labute approximate surface area is 121 Å². The van der Waals surface area contributed by atoms with Gasteiger partial charge in [-0.25, -0.2) is 8.42 Å². The van der Waals surface area contributed by atoms with Crippen molar-refractivity contribution in [2.24, 2.45) is 0 Å². The molecule has 0 unspecified atom stereocenters. The molecule has 20 heavy (non-hydrogen) atoms. The molecule has 5 heteroatoms. The van der Waals surface area contributed by atoms with Crippen molar-refractivity contribution in [3.8, 4) is 0 Å². The predicted molar refractivity (Wildman–Crippen MR) is 79.4 cm³/mol. The van der Waals surface area contributed by atoms with Crippen molar-refractivity contribution in [2.75, 3.05) is 13.2 Å². The number of aryl methyl sites for hydroxylation is 2. The summed E-state index contributed by atoms with van der Waals surface area (Å²) >= 11 is 0. The molecule has 1 aliphatic rings. The zero-order valence-corrected chi connectivity index (χ0v) is 13.4. The minimum atomic E-state index is -3.53. The van der Waals surface area contributed by atoms with E-state index in [0.717, 1.165) is 35.1 Å². The molecule has 0 spiro atoms. The van der Waals surface area contributed by atoms with E-state index in [4.69, 9.17) is 5.11 Å². The highest BCUT2D eigenvalue weighted by Crippen LogP contribution is 2.35. The molecule has 0 saturated heterocycles. The Hall–Kier alpha value is -0.910. The van der Waals surface area contributed by atoms with Crippen molar-refractivity contribution in [3.05, 3.63) is 28.3 Å². The maximum absolute atomic E-state index is 13.0. The van der Waals surface area contributed by atoms with Crippen LogP contribution in [0, 0.1) is 27.7 Å². The van der Waals surface area contributed by atoms with Crippen molar-refractivity contribution in [2.45, 2.75) is 51.5 Å². The van der Waals surface area contributed by atoms with E-state index in [1.165, 1.54) is 4.31 Å². The molecule has 1 saturated carbocycles. The molecule has 1 fully saturated rings. The number of benzene rings is 1. The number of aliphatic hydroxyl groups excluding tert-OH is 1. The molecule has 0 radical (unpaired) electrons. The van der Waals surface area contributed by atoms with E-state index in [1.54, 1.807) is 0 Å². The molecule has 0 aromatic heterocycles. The smallest absolute Gasteiger partial charge is 0.243 e. The highest BCUT2D eigenvalue weighted by molar-refractivity contribution is 7.89. The van der Waals surface area contributed by atoms with Crippen molar-refractivity contribution >= 4 is 10.0 Å². The number of nitrogens with zero attached hydrogens (tertiary/aromatic N) is 1. The molecule has 0 amide bonds. The van der Waals surface area contributed by atoms with Gasteiger partial charge in [-0.05, 0) is 62.8 Å². The fourth-order valence-electron chi connectivity index (χ4n) is 2.64. The summed E-state index contributed by atoms with van der Waals surface area (Å²) in [5.41, 5.74) is 3.62. The minimum Gasteiger partial charge on any atom is -0.395 e. The molecule has 1 aromatic carbocycles. The Morgan fingerprint density at radius 2 is 1.65 bits per heavy atom. The minimum absolute atomic E-state index is 0.0618. The summed E-state index contributed by atoms with van der Waals surface area (Å²) in [5, 5.41) is 9.17. The first-order valence-corrected chi connectivity index (χ1v) is 8.44. The SMILES string of the molecule is Cc1cc(C)c(C)c(S(=O)(=O)N(CCO)C2CC2)c1C. The normalized spacial score (nSPS) is 15.9. The first-order valence-electron chi connectivity index (χ1n) is 7.00. The second-order valence-corrected chi connectivity index (χ2v) is 7.49. The topological polar surface area (TPSA) is 57.6 Å². The largest absolute Gasteiger partial charge is 0.395 e. The average molecular weight is 297 g/mol. The Bertz CT molecular complexity index is 592. The van der Waals surface area contributed by atoms with Crippen LogP contribution in [0.3, 0.4) is 0 Å². The monoisotopic (exact) mass is 297 g/mol. The maximum Gasteiger partial charge on any atom is 0.243 e. The highest BCUT2D eigenvalue weighted by Gasteiger charge is 2.39. The lowest BCUT2D eigenvalue weighted by Crippen LogP contribution is -2.36. The van der Waals surface area contributed by atoms with Crippen LogP contribution >= 0.6 is 0 Å².